The number of amides is 2. The van der Waals surface area contributed by atoms with Crippen LogP contribution in [0.4, 0.5) is 4.79 Å². The summed E-state index contributed by atoms with van der Waals surface area (Å²) in [4.78, 5) is 11.3. The van der Waals surface area contributed by atoms with Gasteiger partial charge in [0, 0.05) is 25.2 Å². The minimum atomic E-state index is -0.211. The number of halogens is 1. The highest BCUT2D eigenvalue weighted by Gasteiger charge is 1.99. The molecule has 0 unspecified atom stereocenters. The molecule has 0 heterocycles. The van der Waals surface area contributed by atoms with Crippen molar-refractivity contribution in [3.63, 3.8) is 0 Å². The van der Waals surface area contributed by atoms with E-state index in [9.17, 15) is 4.79 Å². The average molecular weight is 243 g/mol. The van der Waals surface area contributed by atoms with Crippen LogP contribution in [0.2, 0.25) is 5.02 Å². The van der Waals surface area contributed by atoms with Gasteiger partial charge in [0.1, 0.15) is 0 Å². The molecule has 0 aliphatic rings. The molecule has 2 amide bonds. The van der Waals surface area contributed by atoms with E-state index in [1.54, 1.807) is 13.2 Å². The maximum Gasteiger partial charge on any atom is 0.315 e. The van der Waals surface area contributed by atoms with Crippen LogP contribution in [0.3, 0.4) is 0 Å². The minimum Gasteiger partial charge on any atom is -0.383 e. The van der Waals surface area contributed by atoms with Gasteiger partial charge in [-0.3, -0.25) is 0 Å². The molecule has 16 heavy (non-hydrogen) atoms. The minimum absolute atomic E-state index is 0.211. The Bertz CT molecular complexity index is 345. The molecule has 0 aliphatic heterocycles. The molecule has 0 bridgehead atoms. The van der Waals surface area contributed by atoms with E-state index >= 15 is 0 Å². The van der Waals surface area contributed by atoms with Crippen LogP contribution >= 0.6 is 11.6 Å². The third kappa shape index (κ3) is 5.00. The van der Waals surface area contributed by atoms with Gasteiger partial charge in [-0.1, -0.05) is 23.7 Å². The first kappa shape index (κ1) is 12.8. The van der Waals surface area contributed by atoms with Crippen molar-refractivity contribution in [1.82, 2.24) is 10.6 Å². The smallest absolute Gasteiger partial charge is 0.315 e. The molecule has 5 heteroatoms. The maximum absolute atomic E-state index is 11.3. The highest BCUT2D eigenvalue weighted by molar-refractivity contribution is 6.30. The van der Waals surface area contributed by atoms with Crippen molar-refractivity contribution in [2.45, 2.75) is 6.54 Å². The topological polar surface area (TPSA) is 50.4 Å². The molecule has 1 aromatic carbocycles. The molecule has 4 nitrogen and oxygen atoms in total. The van der Waals surface area contributed by atoms with Crippen molar-refractivity contribution in [3.8, 4) is 0 Å². The van der Waals surface area contributed by atoms with Crippen molar-refractivity contribution in [1.29, 1.82) is 0 Å². The summed E-state index contributed by atoms with van der Waals surface area (Å²) < 4.78 is 4.81. The summed E-state index contributed by atoms with van der Waals surface area (Å²) in [7, 11) is 1.59. The van der Waals surface area contributed by atoms with E-state index in [-0.39, 0.29) is 6.03 Å². The predicted octanol–water partition coefficient (Wildman–Crippen LogP) is 1.79. The fourth-order valence-electron chi connectivity index (χ4n) is 1.16. The number of hydrogen-bond acceptors (Lipinski definition) is 2. The fourth-order valence-corrected chi connectivity index (χ4v) is 1.37. The van der Waals surface area contributed by atoms with Crippen molar-refractivity contribution in [3.05, 3.63) is 34.9 Å². The van der Waals surface area contributed by atoms with Crippen LogP contribution in [0.15, 0.2) is 24.3 Å². The second kappa shape index (κ2) is 7.09. The van der Waals surface area contributed by atoms with E-state index in [4.69, 9.17) is 16.3 Å². The summed E-state index contributed by atoms with van der Waals surface area (Å²) >= 11 is 5.82. The van der Waals surface area contributed by atoms with Crippen LogP contribution in [0, 0.1) is 0 Å². The normalized spacial score (nSPS) is 9.88. The quantitative estimate of drug-likeness (QED) is 0.774. The van der Waals surface area contributed by atoms with Gasteiger partial charge < -0.3 is 15.4 Å². The van der Waals surface area contributed by atoms with Crippen molar-refractivity contribution in [2.75, 3.05) is 20.3 Å². The van der Waals surface area contributed by atoms with Crippen LogP contribution in [0.5, 0.6) is 0 Å². The third-order valence-electron chi connectivity index (χ3n) is 1.93. The Morgan fingerprint density at radius 2 is 2.25 bits per heavy atom. The van der Waals surface area contributed by atoms with Crippen LogP contribution in [-0.2, 0) is 11.3 Å². The zero-order chi connectivity index (χ0) is 11.8. The Morgan fingerprint density at radius 3 is 2.94 bits per heavy atom. The molecule has 0 saturated carbocycles. The molecule has 0 aromatic heterocycles. The van der Waals surface area contributed by atoms with Gasteiger partial charge in [0.2, 0.25) is 0 Å². The molecule has 1 aromatic rings. The molecular formula is C11H15ClN2O2. The number of benzene rings is 1. The van der Waals surface area contributed by atoms with Gasteiger partial charge in [0.15, 0.2) is 0 Å². The summed E-state index contributed by atoms with van der Waals surface area (Å²) in [5, 5.41) is 6.05. The summed E-state index contributed by atoms with van der Waals surface area (Å²) in [6, 6.07) is 7.15. The lowest BCUT2D eigenvalue weighted by Gasteiger charge is -2.07. The largest absolute Gasteiger partial charge is 0.383 e. The Kier molecular flexibility index (Phi) is 5.67. The summed E-state index contributed by atoms with van der Waals surface area (Å²) in [6.45, 7) is 1.46. The van der Waals surface area contributed by atoms with E-state index in [2.05, 4.69) is 10.6 Å². The zero-order valence-electron chi connectivity index (χ0n) is 9.13. The number of nitrogens with one attached hydrogen (secondary N) is 2. The number of carbonyl (C=O) groups excluding carboxylic acids is 1. The number of ether oxygens (including phenoxy) is 1. The van der Waals surface area contributed by atoms with Crippen LogP contribution < -0.4 is 10.6 Å². The van der Waals surface area contributed by atoms with Gasteiger partial charge in [-0.15, -0.1) is 0 Å². The Morgan fingerprint density at radius 1 is 1.44 bits per heavy atom. The molecule has 0 spiro atoms. The predicted molar refractivity (Wildman–Crippen MR) is 63.6 cm³/mol. The maximum atomic E-state index is 11.3. The number of rotatable bonds is 5. The first-order valence-corrected chi connectivity index (χ1v) is 5.35. The highest BCUT2D eigenvalue weighted by Crippen LogP contribution is 2.09. The second-order valence-electron chi connectivity index (χ2n) is 3.23. The Hall–Kier alpha value is -1.26. The molecule has 0 fully saturated rings. The summed E-state index contributed by atoms with van der Waals surface area (Å²) in [5.41, 5.74) is 0.967. The van der Waals surface area contributed by atoms with Crippen LogP contribution in [0.1, 0.15) is 5.56 Å². The van der Waals surface area contributed by atoms with Crippen LogP contribution in [0.25, 0.3) is 0 Å². The molecule has 0 atom stereocenters. The van der Waals surface area contributed by atoms with Gasteiger partial charge in [-0.25, -0.2) is 4.79 Å². The number of carbonyl (C=O) groups is 1. The first-order valence-electron chi connectivity index (χ1n) is 4.97. The lowest BCUT2D eigenvalue weighted by atomic mass is 10.2. The molecule has 88 valence electrons. The fraction of sp³-hybridized carbons (Fsp3) is 0.364. The standard InChI is InChI=1S/C11H15ClN2O2/c1-16-6-5-13-11(15)14-8-9-3-2-4-10(12)7-9/h2-4,7H,5-6,8H2,1H3,(H2,13,14,15). The van der Waals surface area contributed by atoms with E-state index in [1.807, 2.05) is 18.2 Å². The number of methoxy groups -OCH3 is 1. The first-order chi connectivity index (χ1) is 7.72. The Balaban J connectivity index is 2.26. The summed E-state index contributed by atoms with van der Waals surface area (Å²) in [6.07, 6.45) is 0. The second-order valence-corrected chi connectivity index (χ2v) is 3.67. The average Bonchev–Trinajstić information content (AvgIpc) is 2.27. The van der Waals surface area contributed by atoms with Crippen molar-refractivity contribution in [2.24, 2.45) is 0 Å². The van der Waals surface area contributed by atoms with Gasteiger partial charge >= 0.3 is 6.03 Å². The van der Waals surface area contributed by atoms with Gasteiger partial charge in [0.05, 0.1) is 6.61 Å². The number of hydrogen-bond donors (Lipinski definition) is 2. The molecule has 0 radical (unpaired) electrons. The van der Waals surface area contributed by atoms with E-state index in [0.29, 0.717) is 24.7 Å². The van der Waals surface area contributed by atoms with Gasteiger partial charge in [-0.2, -0.15) is 0 Å². The molecule has 0 aliphatic carbocycles. The molecular weight excluding hydrogens is 228 g/mol. The summed E-state index contributed by atoms with van der Waals surface area (Å²) in [5.74, 6) is 0. The monoisotopic (exact) mass is 242 g/mol. The lowest BCUT2D eigenvalue weighted by molar-refractivity contribution is 0.196. The van der Waals surface area contributed by atoms with E-state index in [0.717, 1.165) is 5.56 Å². The zero-order valence-corrected chi connectivity index (χ0v) is 9.88. The highest BCUT2D eigenvalue weighted by atomic mass is 35.5. The van der Waals surface area contributed by atoms with E-state index in [1.165, 1.54) is 0 Å². The van der Waals surface area contributed by atoms with E-state index < -0.39 is 0 Å². The van der Waals surface area contributed by atoms with Gasteiger partial charge in [-0.05, 0) is 17.7 Å². The number of urea groups is 1. The Labute approximate surface area is 99.9 Å². The molecule has 0 saturated heterocycles. The molecule has 2 N–H and O–H groups in total. The van der Waals surface area contributed by atoms with Gasteiger partial charge in [0.25, 0.3) is 0 Å². The molecule has 1 rings (SSSR count). The third-order valence-corrected chi connectivity index (χ3v) is 2.17. The van der Waals surface area contributed by atoms with Crippen LogP contribution in [-0.4, -0.2) is 26.3 Å². The van der Waals surface area contributed by atoms with Crippen molar-refractivity contribution >= 4 is 17.6 Å². The van der Waals surface area contributed by atoms with Crippen molar-refractivity contribution < 1.29 is 9.53 Å². The SMILES string of the molecule is COCCNC(=O)NCc1cccc(Cl)c1. The lowest BCUT2D eigenvalue weighted by Crippen LogP contribution is -2.36.